The maximum atomic E-state index is 11.6. The highest BCUT2D eigenvalue weighted by molar-refractivity contribution is 5.77. The summed E-state index contributed by atoms with van der Waals surface area (Å²) in [5.41, 5.74) is 0. The third-order valence-corrected chi connectivity index (χ3v) is 3.56. The van der Waals surface area contributed by atoms with Gasteiger partial charge in [0.25, 0.3) is 0 Å². The molecular formula is C14H29N3O3. The maximum Gasteiger partial charge on any atom is 0.236 e. The summed E-state index contributed by atoms with van der Waals surface area (Å²) in [6.07, 6.45) is 2.19. The van der Waals surface area contributed by atoms with Crippen molar-refractivity contribution in [1.29, 1.82) is 0 Å². The van der Waals surface area contributed by atoms with Crippen LogP contribution in [-0.4, -0.2) is 89.0 Å². The molecule has 1 fully saturated rings. The Balaban J connectivity index is 2.03. The molecule has 0 unspecified atom stereocenters. The quantitative estimate of drug-likeness (QED) is 0.595. The zero-order valence-electron chi connectivity index (χ0n) is 13.1. The van der Waals surface area contributed by atoms with Gasteiger partial charge in [0.15, 0.2) is 0 Å². The van der Waals surface area contributed by atoms with Crippen LogP contribution < -0.4 is 5.32 Å². The Bertz CT molecular complexity index is 266. The summed E-state index contributed by atoms with van der Waals surface area (Å²) in [5, 5.41) is 3.51. The van der Waals surface area contributed by atoms with E-state index in [9.17, 15) is 4.79 Å². The third-order valence-electron chi connectivity index (χ3n) is 3.56. The number of hydrogen-bond acceptors (Lipinski definition) is 5. The molecule has 0 aliphatic carbocycles. The summed E-state index contributed by atoms with van der Waals surface area (Å²) < 4.78 is 10.3. The molecule has 6 heteroatoms. The van der Waals surface area contributed by atoms with Crippen LogP contribution in [0.3, 0.4) is 0 Å². The minimum Gasteiger partial charge on any atom is -0.382 e. The first kappa shape index (κ1) is 17.4. The number of carbonyl (C=O) groups is 1. The fourth-order valence-corrected chi connectivity index (χ4v) is 2.21. The molecule has 20 heavy (non-hydrogen) atoms. The van der Waals surface area contributed by atoms with Crippen LogP contribution in [0.25, 0.3) is 0 Å². The van der Waals surface area contributed by atoms with Crippen LogP contribution in [0, 0.1) is 0 Å². The summed E-state index contributed by atoms with van der Waals surface area (Å²) >= 11 is 0. The van der Waals surface area contributed by atoms with E-state index in [-0.39, 0.29) is 5.91 Å². The number of methoxy groups -OCH3 is 1. The van der Waals surface area contributed by atoms with Crippen molar-refractivity contribution in [2.45, 2.75) is 18.9 Å². The minimum atomic E-state index is 0.183. The van der Waals surface area contributed by atoms with Crippen molar-refractivity contribution in [2.75, 3.05) is 67.2 Å². The van der Waals surface area contributed by atoms with Crippen LogP contribution in [0.5, 0.6) is 0 Å². The number of piperidine rings is 1. The van der Waals surface area contributed by atoms with Gasteiger partial charge in [0.2, 0.25) is 5.91 Å². The molecule has 1 amide bonds. The molecule has 0 spiro atoms. The van der Waals surface area contributed by atoms with Gasteiger partial charge in [-0.3, -0.25) is 9.69 Å². The molecule has 1 N–H and O–H groups in total. The van der Waals surface area contributed by atoms with E-state index in [1.54, 1.807) is 26.1 Å². The average molecular weight is 287 g/mol. The standard InChI is InChI=1S/C14H29N3O3/c1-16(2)14(18)12-17-7-4-13(5-8-17)15-6-9-20-11-10-19-3/h13,15H,4-12H2,1-3H3. The van der Waals surface area contributed by atoms with Crippen LogP contribution in [-0.2, 0) is 14.3 Å². The lowest BCUT2D eigenvalue weighted by Gasteiger charge is -2.32. The van der Waals surface area contributed by atoms with E-state index in [1.807, 2.05) is 0 Å². The summed E-state index contributed by atoms with van der Waals surface area (Å²) in [5.74, 6) is 0.183. The lowest BCUT2D eigenvalue weighted by molar-refractivity contribution is -0.130. The Morgan fingerprint density at radius 3 is 2.55 bits per heavy atom. The highest BCUT2D eigenvalue weighted by Gasteiger charge is 2.20. The second-order valence-corrected chi connectivity index (χ2v) is 5.40. The van der Waals surface area contributed by atoms with E-state index in [0.717, 1.165) is 39.1 Å². The van der Waals surface area contributed by atoms with Crippen LogP contribution in [0.2, 0.25) is 0 Å². The Hall–Kier alpha value is -0.690. The summed E-state index contributed by atoms with van der Waals surface area (Å²) in [4.78, 5) is 15.5. The largest absolute Gasteiger partial charge is 0.382 e. The number of likely N-dealkylation sites (tertiary alicyclic amines) is 1. The van der Waals surface area contributed by atoms with Gasteiger partial charge in [0.1, 0.15) is 0 Å². The molecular weight excluding hydrogens is 258 g/mol. The van der Waals surface area contributed by atoms with E-state index >= 15 is 0 Å². The van der Waals surface area contributed by atoms with E-state index in [1.165, 1.54) is 0 Å². The highest BCUT2D eigenvalue weighted by Crippen LogP contribution is 2.09. The predicted molar refractivity (Wildman–Crippen MR) is 78.9 cm³/mol. The first-order chi connectivity index (χ1) is 9.63. The van der Waals surface area contributed by atoms with Crippen molar-refractivity contribution in [2.24, 2.45) is 0 Å². The first-order valence-corrected chi connectivity index (χ1v) is 7.36. The highest BCUT2D eigenvalue weighted by atomic mass is 16.5. The molecule has 118 valence electrons. The van der Waals surface area contributed by atoms with Gasteiger partial charge in [0, 0.05) is 46.9 Å². The molecule has 1 heterocycles. The van der Waals surface area contributed by atoms with Gasteiger partial charge in [0.05, 0.1) is 26.4 Å². The summed E-state index contributed by atoms with van der Waals surface area (Å²) in [7, 11) is 5.29. The van der Waals surface area contributed by atoms with Crippen LogP contribution in [0.1, 0.15) is 12.8 Å². The normalized spacial score (nSPS) is 17.4. The smallest absolute Gasteiger partial charge is 0.236 e. The van der Waals surface area contributed by atoms with E-state index in [2.05, 4.69) is 10.2 Å². The summed E-state index contributed by atoms with van der Waals surface area (Å²) in [6, 6.07) is 0.548. The third kappa shape index (κ3) is 7.19. The second kappa shape index (κ2) is 10.1. The van der Waals surface area contributed by atoms with Gasteiger partial charge < -0.3 is 19.7 Å². The zero-order valence-corrected chi connectivity index (χ0v) is 13.1. The number of carbonyl (C=O) groups excluding carboxylic acids is 1. The lowest BCUT2D eigenvalue weighted by atomic mass is 10.1. The number of likely N-dealkylation sites (N-methyl/N-ethyl adjacent to an activating group) is 1. The molecule has 1 aliphatic heterocycles. The van der Waals surface area contributed by atoms with Gasteiger partial charge >= 0.3 is 0 Å². The minimum absolute atomic E-state index is 0.183. The van der Waals surface area contributed by atoms with Gasteiger partial charge in [-0.1, -0.05) is 0 Å². The number of nitrogens with one attached hydrogen (secondary N) is 1. The predicted octanol–water partition coefficient (Wildman–Crippen LogP) is -0.208. The van der Waals surface area contributed by atoms with Crippen LogP contribution in [0.15, 0.2) is 0 Å². The van der Waals surface area contributed by atoms with Gasteiger partial charge in [-0.2, -0.15) is 0 Å². The molecule has 1 saturated heterocycles. The molecule has 0 aromatic rings. The number of hydrogen-bond donors (Lipinski definition) is 1. The molecule has 0 bridgehead atoms. The number of nitrogens with zero attached hydrogens (tertiary/aromatic N) is 2. The van der Waals surface area contributed by atoms with Crippen molar-refractivity contribution in [3.63, 3.8) is 0 Å². The number of amides is 1. The van der Waals surface area contributed by atoms with Crippen molar-refractivity contribution in [1.82, 2.24) is 15.1 Å². The Kier molecular flexibility index (Phi) is 8.77. The topological polar surface area (TPSA) is 54.0 Å². The molecule has 1 rings (SSSR count). The van der Waals surface area contributed by atoms with Crippen molar-refractivity contribution >= 4 is 5.91 Å². The SMILES string of the molecule is COCCOCCNC1CCN(CC(=O)N(C)C)CC1. The second-order valence-electron chi connectivity index (χ2n) is 5.40. The molecule has 0 atom stereocenters. The average Bonchev–Trinajstić information content (AvgIpc) is 2.44. The van der Waals surface area contributed by atoms with E-state index < -0.39 is 0 Å². The van der Waals surface area contributed by atoms with Gasteiger partial charge in [-0.15, -0.1) is 0 Å². The monoisotopic (exact) mass is 287 g/mol. The molecule has 0 saturated carbocycles. The van der Waals surface area contributed by atoms with Crippen molar-refractivity contribution < 1.29 is 14.3 Å². The van der Waals surface area contributed by atoms with Crippen molar-refractivity contribution in [3.05, 3.63) is 0 Å². The van der Waals surface area contributed by atoms with Gasteiger partial charge in [-0.05, 0) is 12.8 Å². The zero-order chi connectivity index (χ0) is 14.8. The van der Waals surface area contributed by atoms with Crippen LogP contribution >= 0.6 is 0 Å². The maximum absolute atomic E-state index is 11.6. The molecule has 1 aliphatic rings. The fourth-order valence-electron chi connectivity index (χ4n) is 2.21. The molecule has 0 radical (unpaired) electrons. The fraction of sp³-hybridized carbons (Fsp3) is 0.929. The first-order valence-electron chi connectivity index (χ1n) is 7.36. The number of rotatable bonds is 9. The summed E-state index contributed by atoms with van der Waals surface area (Å²) in [6.45, 7) is 5.43. The molecule has 6 nitrogen and oxygen atoms in total. The lowest BCUT2D eigenvalue weighted by Crippen LogP contribution is -2.46. The Morgan fingerprint density at radius 2 is 1.95 bits per heavy atom. The molecule has 0 aromatic heterocycles. The number of ether oxygens (including phenoxy) is 2. The van der Waals surface area contributed by atoms with Crippen LogP contribution in [0.4, 0.5) is 0 Å². The van der Waals surface area contributed by atoms with Gasteiger partial charge in [-0.25, -0.2) is 0 Å². The molecule has 0 aromatic carbocycles. The Morgan fingerprint density at radius 1 is 1.25 bits per heavy atom. The van der Waals surface area contributed by atoms with E-state index in [4.69, 9.17) is 9.47 Å². The van der Waals surface area contributed by atoms with E-state index in [0.29, 0.717) is 25.8 Å². The Labute approximate surface area is 122 Å². The van der Waals surface area contributed by atoms with Crippen molar-refractivity contribution in [3.8, 4) is 0 Å².